The van der Waals surface area contributed by atoms with Crippen molar-refractivity contribution in [2.45, 2.75) is 6.92 Å². The molecule has 0 saturated heterocycles. The fourth-order valence-corrected chi connectivity index (χ4v) is 0.486. The first-order valence-corrected chi connectivity index (χ1v) is 3.42. The summed E-state index contributed by atoms with van der Waals surface area (Å²) in [6, 6.07) is 0. The van der Waals surface area contributed by atoms with Gasteiger partial charge in [0.1, 0.15) is 0 Å². The highest BCUT2D eigenvalue weighted by Gasteiger charge is 2.04. The smallest absolute Gasteiger partial charge is 0.250 e. The summed E-state index contributed by atoms with van der Waals surface area (Å²) in [6.07, 6.45) is 0. The van der Waals surface area contributed by atoms with Crippen LogP contribution in [0.25, 0.3) is 0 Å². The average Bonchev–Trinajstić information content (AvgIpc) is 1.98. The Kier molecular flexibility index (Phi) is 4.22. The van der Waals surface area contributed by atoms with E-state index in [4.69, 9.17) is 5.73 Å². The molecule has 3 heteroatoms. The van der Waals surface area contributed by atoms with E-state index in [0.29, 0.717) is 24.2 Å². The lowest BCUT2D eigenvalue weighted by Gasteiger charge is -2.04. The van der Waals surface area contributed by atoms with Gasteiger partial charge in [0.15, 0.2) is 0 Å². The number of hydrogen-bond donors (Lipinski definition) is 2. The van der Waals surface area contributed by atoms with Gasteiger partial charge in [-0.3, -0.25) is 4.79 Å². The quantitative estimate of drug-likeness (QED) is 0.448. The number of nitrogens with two attached hydrogens (primary N) is 1. The number of rotatable bonds is 4. The predicted molar refractivity (Wildman–Crippen MR) is 46.0 cm³/mol. The lowest BCUT2D eigenvalue weighted by molar-refractivity contribution is -0.117. The second kappa shape index (κ2) is 4.68. The van der Waals surface area contributed by atoms with Gasteiger partial charge < -0.3 is 11.1 Å². The van der Waals surface area contributed by atoms with Crippen LogP contribution < -0.4 is 11.1 Å². The summed E-state index contributed by atoms with van der Waals surface area (Å²) in [5.41, 5.74) is 6.28. The third kappa shape index (κ3) is 3.57. The molecule has 0 aromatic heterocycles. The van der Waals surface area contributed by atoms with E-state index in [1.807, 2.05) is 0 Å². The number of amides is 1. The van der Waals surface area contributed by atoms with Crippen LogP contribution in [-0.4, -0.2) is 19.0 Å². The van der Waals surface area contributed by atoms with Crippen LogP contribution in [0.15, 0.2) is 24.3 Å². The number of hydrogen-bond acceptors (Lipinski definition) is 2. The zero-order valence-electron chi connectivity index (χ0n) is 6.81. The second-order valence-corrected chi connectivity index (χ2v) is 2.30. The molecule has 1 amide bonds. The van der Waals surface area contributed by atoms with Crippen molar-refractivity contribution < 1.29 is 4.79 Å². The molecule has 0 atom stereocenters. The topological polar surface area (TPSA) is 55.1 Å². The summed E-state index contributed by atoms with van der Waals surface area (Å²) < 4.78 is 0. The molecule has 0 aliphatic rings. The molecular weight excluding hydrogens is 140 g/mol. The molecule has 0 heterocycles. The van der Waals surface area contributed by atoms with E-state index >= 15 is 0 Å². The van der Waals surface area contributed by atoms with Crippen molar-refractivity contribution >= 4 is 5.91 Å². The van der Waals surface area contributed by atoms with Gasteiger partial charge in [0, 0.05) is 18.7 Å². The highest BCUT2D eigenvalue weighted by atomic mass is 16.1. The zero-order valence-corrected chi connectivity index (χ0v) is 6.81. The van der Waals surface area contributed by atoms with Gasteiger partial charge in [-0.15, -0.1) is 0 Å². The summed E-state index contributed by atoms with van der Waals surface area (Å²) in [7, 11) is 0. The van der Waals surface area contributed by atoms with Crippen molar-refractivity contribution in [2.75, 3.05) is 13.1 Å². The molecule has 0 spiro atoms. The van der Waals surface area contributed by atoms with Gasteiger partial charge in [-0.1, -0.05) is 13.2 Å². The van der Waals surface area contributed by atoms with Crippen molar-refractivity contribution in [3.05, 3.63) is 24.3 Å². The Balaban J connectivity index is 3.84. The second-order valence-electron chi connectivity index (χ2n) is 2.30. The summed E-state index contributed by atoms with van der Waals surface area (Å²) in [5, 5.41) is 2.59. The maximum absolute atomic E-state index is 11.0. The molecule has 0 rings (SSSR count). The third-order valence-electron chi connectivity index (χ3n) is 1.22. The Hall–Kier alpha value is -1.09. The molecule has 0 bridgehead atoms. The molecule has 0 aromatic rings. The summed E-state index contributed by atoms with van der Waals surface area (Å²) >= 11 is 0. The van der Waals surface area contributed by atoms with Crippen LogP contribution >= 0.6 is 0 Å². The molecule has 0 radical (unpaired) electrons. The first kappa shape index (κ1) is 9.91. The Morgan fingerprint density at radius 3 is 2.45 bits per heavy atom. The summed E-state index contributed by atoms with van der Waals surface area (Å²) in [5.74, 6) is -0.192. The van der Waals surface area contributed by atoms with E-state index in [2.05, 4.69) is 18.5 Å². The van der Waals surface area contributed by atoms with Gasteiger partial charge in [-0.25, -0.2) is 0 Å². The largest absolute Gasteiger partial charge is 0.351 e. The Labute approximate surface area is 67.0 Å². The van der Waals surface area contributed by atoms with Crippen LogP contribution in [0, 0.1) is 0 Å². The molecule has 62 valence electrons. The molecule has 11 heavy (non-hydrogen) atoms. The van der Waals surface area contributed by atoms with Crippen LogP contribution in [0.3, 0.4) is 0 Å². The Bertz CT molecular complexity index is 185. The van der Waals surface area contributed by atoms with Crippen LogP contribution in [-0.2, 0) is 4.79 Å². The van der Waals surface area contributed by atoms with Crippen molar-refractivity contribution in [3.8, 4) is 0 Å². The number of carbonyl (C=O) groups excluding carboxylic acids is 1. The van der Waals surface area contributed by atoms with E-state index in [0.717, 1.165) is 0 Å². The molecule has 0 unspecified atom stereocenters. The third-order valence-corrected chi connectivity index (χ3v) is 1.22. The molecule has 3 nitrogen and oxygen atoms in total. The highest BCUT2D eigenvalue weighted by molar-refractivity contribution is 5.96. The SMILES string of the molecule is C=C(C)C(=C)C(=O)NCCN. The van der Waals surface area contributed by atoms with E-state index in [1.54, 1.807) is 6.92 Å². The molecule has 3 N–H and O–H groups in total. The lowest BCUT2D eigenvalue weighted by atomic mass is 10.1. The minimum absolute atomic E-state index is 0.192. The first-order chi connectivity index (χ1) is 5.09. The maximum atomic E-state index is 11.0. The fraction of sp³-hybridized carbons (Fsp3) is 0.375. The maximum Gasteiger partial charge on any atom is 0.250 e. The fourth-order valence-electron chi connectivity index (χ4n) is 0.486. The van der Waals surface area contributed by atoms with Gasteiger partial charge in [0.05, 0.1) is 0 Å². The van der Waals surface area contributed by atoms with Crippen molar-refractivity contribution in [2.24, 2.45) is 5.73 Å². The first-order valence-electron chi connectivity index (χ1n) is 3.42. The number of carbonyl (C=O) groups is 1. The average molecular weight is 154 g/mol. The minimum atomic E-state index is -0.192. The van der Waals surface area contributed by atoms with E-state index < -0.39 is 0 Å². The van der Waals surface area contributed by atoms with Crippen LogP contribution in [0.1, 0.15) is 6.92 Å². The molecular formula is C8H14N2O. The summed E-state index contributed by atoms with van der Waals surface area (Å²) in [4.78, 5) is 11.0. The molecule has 0 aromatic carbocycles. The van der Waals surface area contributed by atoms with E-state index in [9.17, 15) is 4.79 Å². The Morgan fingerprint density at radius 1 is 1.55 bits per heavy atom. The molecule has 0 aliphatic heterocycles. The van der Waals surface area contributed by atoms with Crippen molar-refractivity contribution in [1.29, 1.82) is 0 Å². The van der Waals surface area contributed by atoms with E-state index in [1.165, 1.54) is 0 Å². The standard InChI is InChI=1S/C8H14N2O/c1-6(2)7(3)8(11)10-5-4-9/h1,3-5,9H2,2H3,(H,10,11). The highest BCUT2D eigenvalue weighted by Crippen LogP contribution is 2.01. The van der Waals surface area contributed by atoms with Crippen LogP contribution in [0.2, 0.25) is 0 Å². The normalized spacial score (nSPS) is 8.91. The summed E-state index contributed by atoms with van der Waals surface area (Å²) in [6.45, 7) is 9.80. The monoisotopic (exact) mass is 154 g/mol. The van der Waals surface area contributed by atoms with Crippen molar-refractivity contribution in [3.63, 3.8) is 0 Å². The van der Waals surface area contributed by atoms with Gasteiger partial charge in [0.25, 0.3) is 5.91 Å². The van der Waals surface area contributed by atoms with Crippen molar-refractivity contribution in [1.82, 2.24) is 5.32 Å². The van der Waals surface area contributed by atoms with Gasteiger partial charge in [-0.05, 0) is 12.5 Å². The lowest BCUT2D eigenvalue weighted by Crippen LogP contribution is -2.30. The number of nitrogens with one attached hydrogen (secondary N) is 1. The van der Waals surface area contributed by atoms with E-state index in [-0.39, 0.29) is 5.91 Å². The van der Waals surface area contributed by atoms with Crippen LogP contribution in [0.4, 0.5) is 0 Å². The molecule has 0 fully saturated rings. The molecule has 0 aliphatic carbocycles. The molecule has 0 saturated carbocycles. The Morgan fingerprint density at radius 2 is 2.09 bits per heavy atom. The van der Waals surface area contributed by atoms with Gasteiger partial charge in [0.2, 0.25) is 0 Å². The predicted octanol–water partition coefficient (Wildman–Crippen LogP) is 0.194. The zero-order chi connectivity index (χ0) is 8.85. The van der Waals surface area contributed by atoms with Gasteiger partial charge >= 0.3 is 0 Å². The van der Waals surface area contributed by atoms with Crippen LogP contribution in [0.5, 0.6) is 0 Å². The minimum Gasteiger partial charge on any atom is -0.351 e. The van der Waals surface area contributed by atoms with Gasteiger partial charge in [-0.2, -0.15) is 0 Å².